The van der Waals surface area contributed by atoms with E-state index in [0.29, 0.717) is 13.0 Å². The summed E-state index contributed by atoms with van der Waals surface area (Å²) in [7, 11) is 1.58. The van der Waals surface area contributed by atoms with Crippen molar-refractivity contribution >= 4 is 5.91 Å². The summed E-state index contributed by atoms with van der Waals surface area (Å²) < 4.78 is 4.84. The minimum Gasteiger partial charge on any atom is -0.508 e. The van der Waals surface area contributed by atoms with Crippen LogP contribution in [0.1, 0.15) is 18.9 Å². The van der Waals surface area contributed by atoms with Crippen LogP contribution in [0.3, 0.4) is 0 Å². The van der Waals surface area contributed by atoms with Gasteiger partial charge in [-0.05, 0) is 31.0 Å². The van der Waals surface area contributed by atoms with E-state index in [4.69, 9.17) is 9.84 Å². The predicted molar refractivity (Wildman–Crippen MR) is 65.9 cm³/mol. The number of ether oxygens (including phenoxy) is 1. The SMILES string of the molecule is COCCC(=O)NC(C)Cc1ccc(O)cc1. The summed E-state index contributed by atoms with van der Waals surface area (Å²) in [4.78, 5) is 11.4. The van der Waals surface area contributed by atoms with Crippen LogP contribution >= 0.6 is 0 Å². The molecule has 0 saturated carbocycles. The number of phenols is 1. The number of phenolic OH excluding ortho intramolecular Hbond substituents is 1. The summed E-state index contributed by atoms with van der Waals surface area (Å²) in [5, 5.41) is 12.0. The number of nitrogens with one attached hydrogen (secondary N) is 1. The van der Waals surface area contributed by atoms with Gasteiger partial charge in [-0.15, -0.1) is 0 Å². The van der Waals surface area contributed by atoms with Crippen molar-refractivity contribution in [2.45, 2.75) is 25.8 Å². The summed E-state index contributed by atoms with van der Waals surface area (Å²) >= 11 is 0. The first-order valence-corrected chi connectivity index (χ1v) is 5.68. The predicted octanol–water partition coefficient (Wildman–Crippen LogP) is 1.48. The van der Waals surface area contributed by atoms with Crippen LogP contribution < -0.4 is 5.32 Å². The molecular weight excluding hydrogens is 218 g/mol. The van der Waals surface area contributed by atoms with Crippen LogP contribution in [0.4, 0.5) is 0 Å². The van der Waals surface area contributed by atoms with Crippen LogP contribution in [-0.2, 0) is 16.0 Å². The van der Waals surface area contributed by atoms with Gasteiger partial charge < -0.3 is 15.2 Å². The molecule has 0 spiro atoms. The van der Waals surface area contributed by atoms with E-state index in [0.717, 1.165) is 12.0 Å². The topological polar surface area (TPSA) is 58.6 Å². The molecule has 0 aliphatic carbocycles. The fourth-order valence-electron chi connectivity index (χ4n) is 1.58. The van der Waals surface area contributed by atoms with Gasteiger partial charge in [-0.1, -0.05) is 12.1 Å². The number of benzene rings is 1. The van der Waals surface area contributed by atoms with Crippen molar-refractivity contribution in [1.82, 2.24) is 5.32 Å². The lowest BCUT2D eigenvalue weighted by molar-refractivity contribution is -0.122. The molecule has 2 N–H and O–H groups in total. The highest BCUT2D eigenvalue weighted by Gasteiger charge is 2.07. The molecule has 0 aromatic heterocycles. The van der Waals surface area contributed by atoms with Gasteiger partial charge in [0, 0.05) is 19.6 Å². The van der Waals surface area contributed by atoms with Crippen molar-refractivity contribution in [3.05, 3.63) is 29.8 Å². The summed E-state index contributed by atoms with van der Waals surface area (Å²) in [6, 6.07) is 7.08. The summed E-state index contributed by atoms with van der Waals surface area (Å²) in [6.45, 7) is 2.40. The van der Waals surface area contributed by atoms with E-state index in [2.05, 4.69) is 5.32 Å². The van der Waals surface area contributed by atoms with Gasteiger partial charge in [0.25, 0.3) is 0 Å². The number of hydrogen-bond acceptors (Lipinski definition) is 3. The molecule has 0 fully saturated rings. The van der Waals surface area contributed by atoms with Crippen molar-refractivity contribution < 1.29 is 14.6 Å². The van der Waals surface area contributed by atoms with Crippen LogP contribution in [0.15, 0.2) is 24.3 Å². The lowest BCUT2D eigenvalue weighted by atomic mass is 10.1. The van der Waals surface area contributed by atoms with Crippen molar-refractivity contribution in [1.29, 1.82) is 0 Å². The van der Waals surface area contributed by atoms with E-state index in [1.807, 2.05) is 19.1 Å². The molecule has 0 bridgehead atoms. The van der Waals surface area contributed by atoms with Crippen molar-refractivity contribution in [2.24, 2.45) is 0 Å². The number of methoxy groups -OCH3 is 1. The largest absolute Gasteiger partial charge is 0.508 e. The minimum atomic E-state index is -0.00173. The Hall–Kier alpha value is -1.55. The molecule has 0 saturated heterocycles. The third-order valence-electron chi connectivity index (χ3n) is 2.42. The monoisotopic (exact) mass is 237 g/mol. The molecule has 94 valence electrons. The second kappa shape index (κ2) is 6.91. The number of carbonyl (C=O) groups excluding carboxylic acids is 1. The fraction of sp³-hybridized carbons (Fsp3) is 0.462. The van der Waals surface area contributed by atoms with E-state index in [1.54, 1.807) is 19.2 Å². The summed E-state index contributed by atoms with van der Waals surface area (Å²) in [5.41, 5.74) is 1.09. The smallest absolute Gasteiger partial charge is 0.222 e. The minimum absolute atomic E-state index is 0.00173. The number of rotatable bonds is 6. The molecule has 1 unspecified atom stereocenters. The van der Waals surface area contributed by atoms with Crippen molar-refractivity contribution in [2.75, 3.05) is 13.7 Å². The molecule has 17 heavy (non-hydrogen) atoms. The maximum Gasteiger partial charge on any atom is 0.222 e. The zero-order chi connectivity index (χ0) is 12.7. The Morgan fingerprint density at radius 2 is 2.06 bits per heavy atom. The molecule has 0 radical (unpaired) electrons. The second-order valence-corrected chi connectivity index (χ2v) is 4.08. The van der Waals surface area contributed by atoms with Crippen LogP contribution in [-0.4, -0.2) is 30.8 Å². The van der Waals surface area contributed by atoms with Crippen LogP contribution in [0.5, 0.6) is 5.75 Å². The van der Waals surface area contributed by atoms with Crippen LogP contribution in [0, 0.1) is 0 Å². The first kappa shape index (κ1) is 13.5. The highest BCUT2D eigenvalue weighted by atomic mass is 16.5. The average Bonchev–Trinajstić information content (AvgIpc) is 2.29. The zero-order valence-corrected chi connectivity index (χ0v) is 10.3. The molecule has 4 heteroatoms. The Balaban J connectivity index is 2.36. The van der Waals surface area contributed by atoms with Crippen molar-refractivity contribution in [3.63, 3.8) is 0 Å². The highest BCUT2D eigenvalue weighted by molar-refractivity contribution is 5.76. The molecule has 4 nitrogen and oxygen atoms in total. The number of amides is 1. The first-order valence-electron chi connectivity index (χ1n) is 5.68. The highest BCUT2D eigenvalue weighted by Crippen LogP contribution is 2.11. The van der Waals surface area contributed by atoms with Gasteiger partial charge >= 0.3 is 0 Å². The van der Waals surface area contributed by atoms with Gasteiger partial charge in [0.15, 0.2) is 0 Å². The Morgan fingerprint density at radius 3 is 2.65 bits per heavy atom. The second-order valence-electron chi connectivity index (χ2n) is 4.08. The van der Waals surface area contributed by atoms with Gasteiger partial charge in [0.05, 0.1) is 6.61 Å². The van der Waals surface area contributed by atoms with Gasteiger partial charge in [0.1, 0.15) is 5.75 Å². The zero-order valence-electron chi connectivity index (χ0n) is 10.3. The quantitative estimate of drug-likeness (QED) is 0.787. The fourth-order valence-corrected chi connectivity index (χ4v) is 1.58. The van der Waals surface area contributed by atoms with Gasteiger partial charge in [-0.25, -0.2) is 0 Å². The Kier molecular flexibility index (Phi) is 5.49. The van der Waals surface area contributed by atoms with E-state index < -0.39 is 0 Å². The van der Waals surface area contributed by atoms with E-state index >= 15 is 0 Å². The molecule has 0 aliphatic heterocycles. The van der Waals surface area contributed by atoms with Gasteiger partial charge in [-0.3, -0.25) is 4.79 Å². The standard InChI is InChI=1S/C13H19NO3/c1-10(14-13(16)7-8-17-2)9-11-3-5-12(15)6-4-11/h3-6,10,15H,7-9H2,1-2H3,(H,14,16). The Labute approximate surface area is 102 Å². The number of carbonyl (C=O) groups is 1. The summed E-state index contributed by atoms with van der Waals surface area (Å²) in [6.07, 6.45) is 1.13. The molecular formula is C13H19NO3. The third-order valence-corrected chi connectivity index (χ3v) is 2.42. The molecule has 1 atom stereocenters. The maximum atomic E-state index is 11.4. The average molecular weight is 237 g/mol. The van der Waals surface area contributed by atoms with Gasteiger partial charge in [-0.2, -0.15) is 0 Å². The number of hydrogen-bond donors (Lipinski definition) is 2. The third kappa shape index (κ3) is 5.36. The van der Waals surface area contributed by atoms with E-state index in [9.17, 15) is 4.79 Å². The molecule has 1 aromatic carbocycles. The van der Waals surface area contributed by atoms with E-state index in [-0.39, 0.29) is 17.7 Å². The molecule has 0 aliphatic rings. The normalized spacial score (nSPS) is 12.1. The number of aromatic hydroxyl groups is 1. The molecule has 1 rings (SSSR count). The van der Waals surface area contributed by atoms with Gasteiger partial charge in [0.2, 0.25) is 5.91 Å². The van der Waals surface area contributed by atoms with Crippen LogP contribution in [0.2, 0.25) is 0 Å². The molecule has 0 heterocycles. The first-order chi connectivity index (χ1) is 8.11. The maximum absolute atomic E-state index is 11.4. The molecule has 1 amide bonds. The lowest BCUT2D eigenvalue weighted by Gasteiger charge is -2.13. The summed E-state index contributed by atoms with van der Waals surface area (Å²) in [5.74, 6) is 0.253. The van der Waals surface area contributed by atoms with Crippen LogP contribution in [0.25, 0.3) is 0 Å². The van der Waals surface area contributed by atoms with Crippen molar-refractivity contribution in [3.8, 4) is 5.75 Å². The Morgan fingerprint density at radius 1 is 1.41 bits per heavy atom. The lowest BCUT2D eigenvalue weighted by Crippen LogP contribution is -2.34. The molecule has 1 aromatic rings. The Bertz CT molecular complexity index is 348. The van der Waals surface area contributed by atoms with E-state index in [1.165, 1.54) is 0 Å².